The number of nitrogens with zero attached hydrogens (tertiary/aromatic N) is 4. The van der Waals surface area contributed by atoms with Gasteiger partial charge in [-0.05, 0) is 32.9 Å². The molecule has 0 saturated heterocycles. The van der Waals surface area contributed by atoms with E-state index in [4.69, 9.17) is 4.74 Å². The second kappa shape index (κ2) is 8.30. The minimum absolute atomic E-state index is 0.00803. The van der Waals surface area contributed by atoms with Gasteiger partial charge in [-0.3, -0.25) is 19.3 Å². The molecule has 0 aliphatic heterocycles. The van der Waals surface area contributed by atoms with Gasteiger partial charge in [-0.15, -0.1) is 11.3 Å². The van der Waals surface area contributed by atoms with Crippen molar-refractivity contribution in [1.29, 1.82) is 0 Å². The first-order valence-electron chi connectivity index (χ1n) is 8.71. The second-order valence-corrected chi connectivity index (χ2v) is 7.18. The lowest BCUT2D eigenvalue weighted by Gasteiger charge is -2.13. The summed E-state index contributed by atoms with van der Waals surface area (Å²) < 4.78 is 6.94. The van der Waals surface area contributed by atoms with Crippen molar-refractivity contribution in [2.45, 2.75) is 33.3 Å². The average molecular weight is 399 g/mol. The average Bonchev–Trinajstić information content (AvgIpc) is 3.22. The molecule has 28 heavy (non-hydrogen) atoms. The molecule has 0 aromatic carbocycles. The number of carbonyl (C=O) groups excluding carboxylic acids is 2. The molecule has 3 heterocycles. The number of ether oxygens (including phenoxy) is 1. The van der Waals surface area contributed by atoms with E-state index >= 15 is 0 Å². The third-order valence-corrected chi connectivity index (χ3v) is 5.11. The van der Waals surface area contributed by atoms with E-state index in [0.717, 1.165) is 16.4 Å². The summed E-state index contributed by atoms with van der Waals surface area (Å²) in [6.45, 7) is 5.20. The standard InChI is InChI=1S/C19H21N5O3S/c1-11-17(12(2)24(4)23-11)22-18(26)13(3)27-16(25)9-14-10-28-19(21-14)15-7-5-6-8-20-15/h5-8,10,13H,9H2,1-4H3,(H,22,26). The lowest BCUT2D eigenvalue weighted by molar-refractivity contribution is -0.152. The van der Waals surface area contributed by atoms with Crippen LogP contribution in [0.1, 0.15) is 24.0 Å². The Bertz CT molecular complexity index is 996. The Morgan fingerprint density at radius 2 is 2.11 bits per heavy atom. The number of amides is 1. The number of hydrogen-bond acceptors (Lipinski definition) is 7. The summed E-state index contributed by atoms with van der Waals surface area (Å²) >= 11 is 1.41. The summed E-state index contributed by atoms with van der Waals surface area (Å²) in [4.78, 5) is 33.2. The maximum Gasteiger partial charge on any atom is 0.312 e. The third kappa shape index (κ3) is 4.42. The van der Waals surface area contributed by atoms with Gasteiger partial charge in [0.1, 0.15) is 5.01 Å². The van der Waals surface area contributed by atoms with Gasteiger partial charge in [0.2, 0.25) is 0 Å². The molecule has 1 amide bonds. The molecule has 1 unspecified atom stereocenters. The molecule has 146 valence electrons. The van der Waals surface area contributed by atoms with Crippen LogP contribution in [0.25, 0.3) is 10.7 Å². The van der Waals surface area contributed by atoms with Crippen LogP contribution in [-0.2, 0) is 27.8 Å². The molecule has 0 fully saturated rings. The smallest absolute Gasteiger partial charge is 0.312 e. The van der Waals surface area contributed by atoms with E-state index in [1.165, 1.54) is 18.3 Å². The Kier molecular flexibility index (Phi) is 5.84. The van der Waals surface area contributed by atoms with Crippen LogP contribution in [0.5, 0.6) is 0 Å². The number of hydrogen-bond donors (Lipinski definition) is 1. The molecule has 0 bridgehead atoms. The third-order valence-electron chi connectivity index (χ3n) is 4.20. The van der Waals surface area contributed by atoms with Crippen LogP contribution in [0.15, 0.2) is 29.8 Å². The van der Waals surface area contributed by atoms with Crippen LogP contribution in [-0.4, -0.2) is 37.7 Å². The molecule has 3 rings (SSSR count). The van der Waals surface area contributed by atoms with E-state index < -0.39 is 18.0 Å². The molecule has 8 nitrogen and oxygen atoms in total. The number of carbonyl (C=O) groups is 2. The van der Waals surface area contributed by atoms with E-state index in [1.54, 1.807) is 30.2 Å². The summed E-state index contributed by atoms with van der Waals surface area (Å²) in [6.07, 6.45) is 0.753. The van der Waals surface area contributed by atoms with Crippen molar-refractivity contribution in [2.75, 3.05) is 5.32 Å². The molecule has 3 aromatic heterocycles. The Morgan fingerprint density at radius 1 is 1.32 bits per heavy atom. The van der Waals surface area contributed by atoms with Crippen LogP contribution in [0.2, 0.25) is 0 Å². The van der Waals surface area contributed by atoms with Gasteiger partial charge >= 0.3 is 5.97 Å². The lowest BCUT2D eigenvalue weighted by atomic mass is 10.3. The molecule has 0 spiro atoms. The lowest BCUT2D eigenvalue weighted by Crippen LogP contribution is -2.30. The molecule has 9 heteroatoms. The summed E-state index contributed by atoms with van der Waals surface area (Å²) in [5.74, 6) is -0.917. The number of nitrogens with one attached hydrogen (secondary N) is 1. The fraction of sp³-hybridized carbons (Fsp3) is 0.316. The SMILES string of the molecule is Cc1nn(C)c(C)c1NC(=O)C(C)OC(=O)Cc1csc(-c2ccccn2)n1. The number of aromatic nitrogens is 4. The zero-order valence-corrected chi connectivity index (χ0v) is 16.9. The molecule has 0 aliphatic rings. The van der Waals surface area contributed by atoms with E-state index in [2.05, 4.69) is 20.4 Å². The van der Waals surface area contributed by atoms with Crippen LogP contribution >= 0.6 is 11.3 Å². The monoisotopic (exact) mass is 399 g/mol. The second-order valence-electron chi connectivity index (χ2n) is 6.33. The molecular formula is C19H21N5O3S. The predicted molar refractivity (Wildman–Crippen MR) is 106 cm³/mol. The number of esters is 1. The van der Waals surface area contributed by atoms with Crippen molar-refractivity contribution in [3.05, 3.63) is 46.9 Å². The van der Waals surface area contributed by atoms with Gasteiger partial charge in [-0.2, -0.15) is 5.10 Å². The van der Waals surface area contributed by atoms with Gasteiger partial charge in [0.15, 0.2) is 6.10 Å². The summed E-state index contributed by atoms with van der Waals surface area (Å²) in [5.41, 5.74) is 3.50. The first-order valence-corrected chi connectivity index (χ1v) is 9.59. The largest absolute Gasteiger partial charge is 0.452 e. The van der Waals surface area contributed by atoms with Gasteiger partial charge in [0.05, 0.1) is 34.9 Å². The number of thiazole rings is 1. The fourth-order valence-electron chi connectivity index (χ4n) is 2.61. The highest BCUT2D eigenvalue weighted by atomic mass is 32.1. The van der Waals surface area contributed by atoms with Gasteiger partial charge in [-0.25, -0.2) is 4.98 Å². The highest BCUT2D eigenvalue weighted by Gasteiger charge is 2.21. The number of anilines is 1. The van der Waals surface area contributed by atoms with Crippen molar-refractivity contribution in [3.8, 4) is 10.7 Å². The molecule has 0 saturated carbocycles. The minimum atomic E-state index is -0.930. The molecule has 1 N–H and O–H groups in total. The number of aryl methyl sites for hydroxylation is 2. The van der Waals surface area contributed by atoms with Crippen LogP contribution in [0.3, 0.4) is 0 Å². The van der Waals surface area contributed by atoms with Crippen molar-refractivity contribution in [1.82, 2.24) is 19.7 Å². The van der Waals surface area contributed by atoms with E-state index in [9.17, 15) is 9.59 Å². The van der Waals surface area contributed by atoms with Crippen LogP contribution in [0, 0.1) is 13.8 Å². The highest BCUT2D eigenvalue weighted by molar-refractivity contribution is 7.13. The van der Waals surface area contributed by atoms with E-state index in [0.29, 0.717) is 17.1 Å². The van der Waals surface area contributed by atoms with E-state index in [1.807, 2.05) is 25.1 Å². The molecular weight excluding hydrogens is 378 g/mol. The Hall–Kier alpha value is -3.07. The number of rotatable bonds is 6. The van der Waals surface area contributed by atoms with Crippen molar-refractivity contribution in [2.24, 2.45) is 7.05 Å². The molecule has 0 radical (unpaired) electrons. The number of pyridine rings is 1. The van der Waals surface area contributed by atoms with Crippen LogP contribution in [0.4, 0.5) is 5.69 Å². The molecule has 0 aliphatic carbocycles. The minimum Gasteiger partial charge on any atom is -0.452 e. The maximum atomic E-state index is 12.4. The van der Waals surface area contributed by atoms with E-state index in [-0.39, 0.29) is 6.42 Å². The van der Waals surface area contributed by atoms with Gasteiger partial charge in [-0.1, -0.05) is 6.07 Å². The predicted octanol–water partition coefficient (Wildman–Crippen LogP) is 2.67. The fourth-order valence-corrected chi connectivity index (χ4v) is 3.41. The Balaban J connectivity index is 1.57. The van der Waals surface area contributed by atoms with Gasteiger partial charge in [0.25, 0.3) is 5.91 Å². The first-order chi connectivity index (χ1) is 13.3. The van der Waals surface area contributed by atoms with Gasteiger partial charge in [0, 0.05) is 18.6 Å². The molecule has 3 aromatic rings. The van der Waals surface area contributed by atoms with Crippen molar-refractivity contribution in [3.63, 3.8) is 0 Å². The Morgan fingerprint density at radius 3 is 2.75 bits per heavy atom. The highest BCUT2D eigenvalue weighted by Crippen LogP contribution is 2.22. The Labute approximate surface area is 166 Å². The summed E-state index contributed by atoms with van der Waals surface area (Å²) in [7, 11) is 1.80. The maximum absolute atomic E-state index is 12.4. The normalized spacial score (nSPS) is 11.9. The van der Waals surface area contributed by atoms with Crippen LogP contribution < -0.4 is 5.32 Å². The van der Waals surface area contributed by atoms with Crippen molar-refractivity contribution < 1.29 is 14.3 Å². The summed E-state index contributed by atoms with van der Waals surface area (Å²) in [6, 6.07) is 5.57. The zero-order chi connectivity index (χ0) is 20.3. The van der Waals surface area contributed by atoms with Gasteiger partial charge < -0.3 is 10.1 Å². The topological polar surface area (TPSA) is 99.0 Å². The first kappa shape index (κ1) is 19.7. The zero-order valence-electron chi connectivity index (χ0n) is 16.1. The van der Waals surface area contributed by atoms with Crippen molar-refractivity contribution >= 4 is 28.9 Å². The quantitative estimate of drug-likeness (QED) is 0.640. The molecule has 1 atom stereocenters. The summed E-state index contributed by atoms with van der Waals surface area (Å²) in [5, 5.41) is 9.54.